The lowest BCUT2D eigenvalue weighted by Crippen LogP contribution is -2.31. The summed E-state index contributed by atoms with van der Waals surface area (Å²) in [6.07, 6.45) is 3.55. The number of benzene rings is 1. The van der Waals surface area contributed by atoms with Gasteiger partial charge in [-0.1, -0.05) is 5.16 Å². The molecule has 4 rings (SSSR count). The van der Waals surface area contributed by atoms with Crippen molar-refractivity contribution < 1.29 is 14.2 Å². The van der Waals surface area contributed by atoms with Gasteiger partial charge in [0, 0.05) is 36.9 Å². The number of aromatic nitrogens is 2. The number of ether oxygens (including phenoxy) is 1. The summed E-state index contributed by atoms with van der Waals surface area (Å²) >= 11 is 0. The lowest BCUT2D eigenvalue weighted by Gasteiger charge is -2.22. The highest BCUT2D eigenvalue weighted by molar-refractivity contribution is 5.56. The average Bonchev–Trinajstić information content (AvgIpc) is 3.14. The van der Waals surface area contributed by atoms with E-state index in [0.29, 0.717) is 35.8 Å². The summed E-state index contributed by atoms with van der Waals surface area (Å²) in [5.41, 5.74) is 0.758. The minimum Gasteiger partial charge on any atom is -0.381 e. The Kier molecular flexibility index (Phi) is 4.46. The first-order valence-corrected chi connectivity index (χ1v) is 8.58. The fourth-order valence-electron chi connectivity index (χ4n) is 3.18. The van der Waals surface area contributed by atoms with Crippen LogP contribution in [-0.4, -0.2) is 45.8 Å². The smallest absolute Gasteiger partial charge is 0.269 e. The summed E-state index contributed by atoms with van der Waals surface area (Å²) in [6, 6.07) is 6.78. The maximum absolute atomic E-state index is 10.7. The Morgan fingerprint density at radius 3 is 2.68 bits per heavy atom. The van der Waals surface area contributed by atoms with Crippen LogP contribution in [0.15, 0.2) is 28.8 Å². The van der Waals surface area contributed by atoms with Crippen LogP contribution in [-0.2, 0) is 11.3 Å². The molecule has 0 spiro atoms. The summed E-state index contributed by atoms with van der Waals surface area (Å²) in [7, 11) is 0. The average molecular weight is 344 g/mol. The van der Waals surface area contributed by atoms with Gasteiger partial charge in [-0.25, -0.2) is 0 Å². The van der Waals surface area contributed by atoms with Gasteiger partial charge in [0.15, 0.2) is 0 Å². The van der Waals surface area contributed by atoms with Crippen molar-refractivity contribution in [2.45, 2.75) is 31.8 Å². The van der Waals surface area contributed by atoms with Crippen LogP contribution in [0.5, 0.6) is 0 Å². The van der Waals surface area contributed by atoms with Gasteiger partial charge in [0.2, 0.25) is 11.7 Å². The fraction of sp³-hybridized carbons (Fsp3) is 0.529. The predicted molar refractivity (Wildman–Crippen MR) is 88.7 cm³/mol. The number of hydrogen-bond donors (Lipinski definition) is 0. The predicted octanol–water partition coefficient (Wildman–Crippen LogP) is 2.65. The largest absolute Gasteiger partial charge is 0.381 e. The molecule has 2 heterocycles. The second-order valence-electron chi connectivity index (χ2n) is 6.71. The molecule has 0 unspecified atom stereocenters. The van der Waals surface area contributed by atoms with Crippen LogP contribution in [0.25, 0.3) is 11.4 Å². The Morgan fingerprint density at radius 1 is 1.24 bits per heavy atom. The molecule has 25 heavy (non-hydrogen) atoms. The maximum Gasteiger partial charge on any atom is 0.269 e. The van der Waals surface area contributed by atoms with E-state index >= 15 is 0 Å². The van der Waals surface area contributed by atoms with Gasteiger partial charge >= 0.3 is 0 Å². The first-order valence-electron chi connectivity index (χ1n) is 8.58. The van der Waals surface area contributed by atoms with Gasteiger partial charge in [-0.15, -0.1) is 0 Å². The van der Waals surface area contributed by atoms with E-state index in [1.165, 1.54) is 25.0 Å². The maximum atomic E-state index is 10.7. The number of nitrogens with zero attached hydrogens (tertiary/aromatic N) is 4. The third-order valence-electron chi connectivity index (χ3n) is 4.72. The Balaban J connectivity index is 1.43. The van der Waals surface area contributed by atoms with Gasteiger partial charge < -0.3 is 9.26 Å². The zero-order valence-corrected chi connectivity index (χ0v) is 13.8. The van der Waals surface area contributed by atoms with E-state index in [1.54, 1.807) is 12.1 Å². The van der Waals surface area contributed by atoms with Gasteiger partial charge in [-0.3, -0.25) is 15.0 Å². The molecule has 2 aromatic rings. The fourth-order valence-corrected chi connectivity index (χ4v) is 3.18. The van der Waals surface area contributed by atoms with E-state index in [4.69, 9.17) is 9.26 Å². The van der Waals surface area contributed by atoms with Crippen LogP contribution >= 0.6 is 0 Å². The lowest BCUT2D eigenvalue weighted by atomic mass is 10.1. The molecule has 8 heteroatoms. The molecular weight excluding hydrogens is 324 g/mol. The normalized spacial score (nSPS) is 20.3. The van der Waals surface area contributed by atoms with Gasteiger partial charge in [-0.05, 0) is 37.3 Å². The minimum absolute atomic E-state index is 0.0474. The minimum atomic E-state index is -0.425. The van der Waals surface area contributed by atoms with E-state index in [2.05, 4.69) is 15.0 Å². The summed E-state index contributed by atoms with van der Waals surface area (Å²) in [4.78, 5) is 17.2. The van der Waals surface area contributed by atoms with E-state index in [-0.39, 0.29) is 5.69 Å². The molecule has 0 N–H and O–H groups in total. The van der Waals surface area contributed by atoms with Crippen LogP contribution in [0.4, 0.5) is 5.69 Å². The molecule has 1 saturated heterocycles. The summed E-state index contributed by atoms with van der Waals surface area (Å²) in [5.74, 6) is 1.63. The molecule has 2 fully saturated rings. The molecule has 1 aliphatic carbocycles. The monoisotopic (exact) mass is 344 g/mol. The van der Waals surface area contributed by atoms with E-state index in [0.717, 1.165) is 26.2 Å². The second-order valence-corrected chi connectivity index (χ2v) is 6.71. The Bertz CT molecular complexity index is 735. The molecule has 0 radical (unpaired) electrons. The van der Waals surface area contributed by atoms with Crippen molar-refractivity contribution >= 4 is 5.69 Å². The van der Waals surface area contributed by atoms with Crippen LogP contribution in [0, 0.1) is 16.0 Å². The number of hydrogen-bond acceptors (Lipinski definition) is 7. The first kappa shape index (κ1) is 16.2. The number of nitro benzene ring substituents is 1. The Morgan fingerprint density at radius 2 is 2.04 bits per heavy atom. The number of rotatable bonds is 7. The van der Waals surface area contributed by atoms with Crippen molar-refractivity contribution in [3.8, 4) is 11.4 Å². The van der Waals surface area contributed by atoms with Gasteiger partial charge in [0.1, 0.15) is 0 Å². The molecule has 1 aromatic carbocycles. The summed E-state index contributed by atoms with van der Waals surface area (Å²) in [5, 5.41) is 14.7. The molecule has 1 aliphatic heterocycles. The van der Waals surface area contributed by atoms with Crippen LogP contribution < -0.4 is 0 Å². The van der Waals surface area contributed by atoms with Crippen molar-refractivity contribution in [2.24, 2.45) is 5.92 Å². The van der Waals surface area contributed by atoms with Crippen molar-refractivity contribution in [3.63, 3.8) is 0 Å². The van der Waals surface area contributed by atoms with Crippen LogP contribution in [0.1, 0.15) is 25.2 Å². The Labute approximate surface area is 144 Å². The molecule has 0 bridgehead atoms. The van der Waals surface area contributed by atoms with E-state index < -0.39 is 4.92 Å². The topological polar surface area (TPSA) is 94.5 Å². The molecular formula is C17H20N4O4. The van der Waals surface area contributed by atoms with Gasteiger partial charge in [0.25, 0.3) is 5.69 Å². The molecule has 2 aliphatic rings. The molecule has 1 saturated carbocycles. The van der Waals surface area contributed by atoms with Crippen molar-refractivity contribution in [1.82, 2.24) is 15.0 Å². The SMILES string of the molecule is O=[N+]([O-])c1ccc(-c2noc(CN(C[C@@H]3CCOC3)C3CC3)n2)cc1. The quantitative estimate of drug-likeness (QED) is 0.563. The van der Waals surface area contributed by atoms with Crippen LogP contribution in [0.3, 0.4) is 0 Å². The molecule has 1 atom stereocenters. The molecule has 0 amide bonds. The van der Waals surface area contributed by atoms with Crippen molar-refractivity contribution in [2.75, 3.05) is 19.8 Å². The molecule has 8 nitrogen and oxygen atoms in total. The third kappa shape index (κ3) is 3.85. The number of non-ortho nitro benzene ring substituents is 1. The van der Waals surface area contributed by atoms with Gasteiger partial charge in [0.05, 0.1) is 18.1 Å². The van der Waals surface area contributed by atoms with Crippen molar-refractivity contribution in [1.29, 1.82) is 0 Å². The van der Waals surface area contributed by atoms with Crippen molar-refractivity contribution in [3.05, 3.63) is 40.3 Å². The molecule has 132 valence electrons. The van der Waals surface area contributed by atoms with E-state index in [9.17, 15) is 10.1 Å². The highest BCUT2D eigenvalue weighted by Gasteiger charge is 2.32. The van der Waals surface area contributed by atoms with Gasteiger partial charge in [-0.2, -0.15) is 4.98 Å². The standard InChI is InChI=1S/C17H20N4O4/c22-21(23)15-3-1-13(2-4-15)17-18-16(25-19-17)10-20(14-5-6-14)9-12-7-8-24-11-12/h1-4,12,14H,5-11H2/t12-/m0/s1. The summed E-state index contributed by atoms with van der Waals surface area (Å²) < 4.78 is 10.9. The third-order valence-corrected chi connectivity index (χ3v) is 4.72. The molecule has 1 aromatic heterocycles. The first-order chi connectivity index (χ1) is 12.2. The number of nitro groups is 1. The Hall–Kier alpha value is -2.32. The second kappa shape index (κ2) is 6.89. The zero-order chi connectivity index (χ0) is 17.2. The van der Waals surface area contributed by atoms with E-state index in [1.807, 2.05) is 0 Å². The lowest BCUT2D eigenvalue weighted by molar-refractivity contribution is -0.384. The summed E-state index contributed by atoms with van der Waals surface area (Å²) in [6.45, 7) is 3.33. The van der Waals surface area contributed by atoms with Crippen LogP contribution in [0.2, 0.25) is 0 Å². The highest BCUT2D eigenvalue weighted by atomic mass is 16.6. The highest BCUT2D eigenvalue weighted by Crippen LogP contribution is 2.30. The zero-order valence-electron chi connectivity index (χ0n) is 13.8.